The molecule has 1 aromatic rings. The molecule has 0 aromatic heterocycles. The number of ether oxygens (including phenoxy) is 1. The molecule has 3 heteroatoms. The molecule has 0 saturated heterocycles. The van der Waals surface area contributed by atoms with Crippen LogP contribution in [0, 0.1) is 0 Å². The van der Waals surface area contributed by atoms with Crippen LogP contribution in [0.4, 0.5) is 4.79 Å². The Morgan fingerprint density at radius 1 is 1.16 bits per heavy atom. The third-order valence-electron chi connectivity index (χ3n) is 3.21. The van der Waals surface area contributed by atoms with Gasteiger partial charge in [-0.3, -0.25) is 0 Å². The summed E-state index contributed by atoms with van der Waals surface area (Å²) in [4.78, 5) is 10.5. The molecule has 3 nitrogen and oxygen atoms in total. The zero-order valence-corrected chi connectivity index (χ0v) is 11.7. The first-order chi connectivity index (χ1) is 9.22. The summed E-state index contributed by atoms with van der Waals surface area (Å²) < 4.78 is 4.87. The highest BCUT2D eigenvalue weighted by Crippen LogP contribution is 2.14. The van der Waals surface area contributed by atoms with Crippen molar-refractivity contribution in [3.05, 3.63) is 35.9 Å². The largest absolute Gasteiger partial charge is 0.506 e. The highest BCUT2D eigenvalue weighted by atomic mass is 16.7. The molecule has 1 aromatic carbocycles. The highest BCUT2D eigenvalue weighted by Gasteiger charge is 2.11. The van der Waals surface area contributed by atoms with Crippen molar-refractivity contribution < 1.29 is 14.6 Å². The van der Waals surface area contributed by atoms with E-state index >= 15 is 0 Å². The Hall–Kier alpha value is -1.51. The lowest BCUT2D eigenvalue weighted by Gasteiger charge is -2.14. The Balaban J connectivity index is 2.12. The van der Waals surface area contributed by atoms with E-state index in [1.165, 1.54) is 5.56 Å². The molecule has 1 rings (SSSR count). The first kappa shape index (κ1) is 15.5. The van der Waals surface area contributed by atoms with E-state index in [0.717, 1.165) is 44.9 Å². The lowest BCUT2D eigenvalue weighted by Crippen LogP contribution is -2.16. The maximum atomic E-state index is 10.5. The second kappa shape index (κ2) is 9.42. The number of benzene rings is 1. The molecule has 0 aliphatic carbocycles. The Kier molecular flexibility index (Phi) is 7.71. The molecule has 0 aliphatic rings. The van der Waals surface area contributed by atoms with E-state index in [2.05, 4.69) is 24.3 Å². The van der Waals surface area contributed by atoms with Crippen LogP contribution in [-0.4, -0.2) is 17.4 Å². The maximum Gasteiger partial charge on any atom is 0.506 e. The fourth-order valence-electron chi connectivity index (χ4n) is 2.25. The summed E-state index contributed by atoms with van der Waals surface area (Å²) in [6.45, 7) is 2.05. The number of hydrogen-bond acceptors (Lipinski definition) is 2. The molecule has 1 N–H and O–H groups in total. The molecule has 19 heavy (non-hydrogen) atoms. The Morgan fingerprint density at radius 2 is 1.89 bits per heavy atom. The lowest BCUT2D eigenvalue weighted by molar-refractivity contribution is 0.0431. The minimum atomic E-state index is -1.15. The van der Waals surface area contributed by atoms with E-state index in [1.807, 2.05) is 13.0 Å². The van der Waals surface area contributed by atoms with E-state index in [1.54, 1.807) is 0 Å². The minimum absolute atomic E-state index is 0.126. The lowest BCUT2D eigenvalue weighted by atomic mass is 10.0. The molecule has 0 spiro atoms. The van der Waals surface area contributed by atoms with Gasteiger partial charge in [-0.1, -0.05) is 50.1 Å². The quantitative estimate of drug-likeness (QED) is 0.521. The highest BCUT2D eigenvalue weighted by molar-refractivity contribution is 5.57. The first-order valence-electron chi connectivity index (χ1n) is 7.16. The fraction of sp³-hybridized carbons (Fsp3) is 0.562. The van der Waals surface area contributed by atoms with Gasteiger partial charge in [0.1, 0.15) is 6.10 Å². The number of aryl methyl sites for hydroxylation is 1. The van der Waals surface area contributed by atoms with Crippen LogP contribution < -0.4 is 0 Å². The van der Waals surface area contributed by atoms with Crippen LogP contribution in [0.15, 0.2) is 30.3 Å². The topological polar surface area (TPSA) is 46.5 Å². The van der Waals surface area contributed by atoms with Crippen molar-refractivity contribution in [3.63, 3.8) is 0 Å². The minimum Gasteiger partial charge on any atom is -0.450 e. The van der Waals surface area contributed by atoms with Gasteiger partial charge in [-0.25, -0.2) is 4.79 Å². The molecule has 0 fully saturated rings. The molecule has 0 aliphatic heterocycles. The average Bonchev–Trinajstić information content (AvgIpc) is 2.39. The SMILES string of the molecule is CCCC(CCCCCc1ccccc1)OC(=O)O. The van der Waals surface area contributed by atoms with Gasteiger partial charge in [-0.15, -0.1) is 0 Å². The van der Waals surface area contributed by atoms with Crippen molar-refractivity contribution in [1.82, 2.24) is 0 Å². The molecule has 1 unspecified atom stereocenters. The van der Waals surface area contributed by atoms with Crippen LogP contribution in [0.3, 0.4) is 0 Å². The molecule has 106 valence electrons. The summed E-state index contributed by atoms with van der Waals surface area (Å²) >= 11 is 0. The van der Waals surface area contributed by atoms with Crippen molar-refractivity contribution in [1.29, 1.82) is 0 Å². The monoisotopic (exact) mass is 264 g/mol. The van der Waals surface area contributed by atoms with Gasteiger partial charge in [0.2, 0.25) is 0 Å². The average molecular weight is 264 g/mol. The number of carbonyl (C=O) groups is 1. The van der Waals surface area contributed by atoms with Gasteiger partial charge in [0.05, 0.1) is 0 Å². The standard InChI is InChI=1S/C16H24O3/c1-2-9-15(19-16(17)18)13-8-4-7-12-14-10-5-3-6-11-14/h3,5-6,10-11,15H,2,4,7-9,12-13H2,1H3,(H,17,18). The van der Waals surface area contributed by atoms with Crippen LogP contribution >= 0.6 is 0 Å². The molecule has 0 radical (unpaired) electrons. The van der Waals surface area contributed by atoms with Gasteiger partial charge in [0.25, 0.3) is 0 Å². The summed E-state index contributed by atoms with van der Waals surface area (Å²) in [5.41, 5.74) is 1.37. The molecule has 1 atom stereocenters. The smallest absolute Gasteiger partial charge is 0.450 e. The predicted molar refractivity (Wildman–Crippen MR) is 76.4 cm³/mol. The van der Waals surface area contributed by atoms with Crippen LogP contribution in [0.25, 0.3) is 0 Å². The zero-order chi connectivity index (χ0) is 13.9. The zero-order valence-electron chi connectivity index (χ0n) is 11.7. The van der Waals surface area contributed by atoms with Crippen molar-refractivity contribution in [2.24, 2.45) is 0 Å². The van der Waals surface area contributed by atoms with E-state index < -0.39 is 6.16 Å². The third-order valence-corrected chi connectivity index (χ3v) is 3.21. The van der Waals surface area contributed by atoms with Crippen molar-refractivity contribution >= 4 is 6.16 Å². The summed E-state index contributed by atoms with van der Waals surface area (Å²) in [5.74, 6) is 0. The summed E-state index contributed by atoms with van der Waals surface area (Å²) in [6.07, 6.45) is 5.75. The number of unbranched alkanes of at least 4 members (excludes halogenated alkanes) is 2. The van der Waals surface area contributed by atoms with Crippen LogP contribution in [0.2, 0.25) is 0 Å². The number of carboxylic acid groups (broad SMARTS) is 1. The molecule has 0 heterocycles. The van der Waals surface area contributed by atoms with Gasteiger partial charge in [-0.2, -0.15) is 0 Å². The van der Waals surface area contributed by atoms with Crippen molar-refractivity contribution in [2.75, 3.05) is 0 Å². The number of rotatable bonds is 9. The van der Waals surface area contributed by atoms with E-state index in [0.29, 0.717) is 0 Å². The summed E-state index contributed by atoms with van der Waals surface area (Å²) in [7, 11) is 0. The fourth-order valence-corrected chi connectivity index (χ4v) is 2.25. The Morgan fingerprint density at radius 3 is 2.53 bits per heavy atom. The van der Waals surface area contributed by atoms with E-state index in [-0.39, 0.29) is 6.10 Å². The normalized spacial score (nSPS) is 12.1. The van der Waals surface area contributed by atoms with Gasteiger partial charge in [0.15, 0.2) is 0 Å². The maximum absolute atomic E-state index is 10.5. The molecular weight excluding hydrogens is 240 g/mol. The van der Waals surface area contributed by atoms with Crippen LogP contribution in [0.1, 0.15) is 51.0 Å². The Labute approximate surface area is 115 Å². The van der Waals surface area contributed by atoms with Crippen LogP contribution in [-0.2, 0) is 11.2 Å². The second-order valence-electron chi connectivity index (χ2n) is 4.88. The summed E-state index contributed by atoms with van der Waals surface area (Å²) in [5, 5.41) is 8.64. The third kappa shape index (κ3) is 7.50. The van der Waals surface area contributed by atoms with E-state index in [4.69, 9.17) is 9.84 Å². The molecule has 0 bridgehead atoms. The first-order valence-corrected chi connectivity index (χ1v) is 7.16. The van der Waals surface area contributed by atoms with Gasteiger partial charge < -0.3 is 9.84 Å². The molecular formula is C16H24O3. The predicted octanol–water partition coefficient (Wildman–Crippen LogP) is 4.65. The van der Waals surface area contributed by atoms with E-state index in [9.17, 15) is 4.79 Å². The van der Waals surface area contributed by atoms with Crippen LogP contribution in [0.5, 0.6) is 0 Å². The van der Waals surface area contributed by atoms with Gasteiger partial charge in [-0.05, 0) is 37.7 Å². The second-order valence-corrected chi connectivity index (χ2v) is 4.88. The number of hydrogen-bond donors (Lipinski definition) is 1. The van der Waals surface area contributed by atoms with Crippen molar-refractivity contribution in [2.45, 2.75) is 58.0 Å². The van der Waals surface area contributed by atoms with Gasteiger partial charge in [0, 0.05) is 0 Å². The molecule has 0 saturated carbocycles. The molecule has 0 amide bonds. The summed E-state index contributed by atoms with van der Waals surface area (Å²) in [6, 6.07) is 10.4. The Bertz CT molecular complexity index is 348. The van der Waals surface area contributed by atoms with Gasteiger partial charge >= 0.3 is 6.16 Å². The van der Waals surface area contributed by atoms with Crippen molar-refractivity contribution in [3.8, 4) is 0 Å².